The topological polar surface area (TPSA) is 433 Å². The van der Waals surface area contributed by atoms with Gasteiger partial charge in [0.15, 0.2) is 44.0 Å². The molecule has 7 saturated heterocycles. The molecule has 594 valence electrons. The Morgan fingerprint density at radius 1 is 0.242 bits per heavy atom. The maximum absolute atomic E-state index is 9.64. The Bertz CT molecular complexity index is 2000. The molecule has 7 aliphatic heterocycles. The fourth-order valence-electron chi connectivity index (χ4n) is 10.5. The summed E-state index contributed by atoms with van der Waals surface area (Å²) in [7, 11) is 0. The lowest BCUT2D eigenvalue weighted by molar-refractivity contribution is -0.321. The lowest BCUT2D eigenvalue weighted by atomic mass is 9.99. The SMILES string of the molecule is CC(C)(C)OC1OC(CO)C(O)C(O)C1O.CC(C)(C)O[C@H]1O[C@H](CO)[C@@H](O)[C@H](O)[C@H]1O.CCC1CC(O)C(OC(C)(C)C)O1.CCC1OC(OC(C)(C)C)C(O)C1O.CCC1OC(OC(C)(C)C)CC1O.CC[C@H]1O[C@@H](OC(C)(C)C)C(O)C1O.CC[C@H]1O[C@@H](OC(C)(C)C)CC1O. The summed E-state index contributed by atoms with van der Waals surface area (Å²) in [5.41, 5.74) is -2.54. The molecular weight excluding hydrogens is 1300 g/mol. The predicted molar refractivity (Wildman–Crippen MR) is 364 cm³/mol. The summed E-state index contributed by atoms with van der Waals surface area (Å²) >= 11 is 0. The molecule has 7 rings (SSSR count). The molecule has 0 aromatic heterocycles. The minimum Gasteiger partial charge on any atom is -0.394 e. The van der Waals surface area contributed by atoms with Gasteiger partial charge in [-0.15, -0.1) is 0 Å². The highest BCUT2D eigenvalue weighted by molar-refractivity contribution is 4.92. The van der Waals surface area contributed by atoms with Gasteiger partial charge in [0, 0.05) is 19.3 Å². The monoisotopic (exact) mass is 1440 g/mol. The zero-order chi connectivity index (χ0) is 77.1. The van der Waals surface area contributed by atoms with Crippen molar-refractivity contribution in [1.29, 1.82) is 0 Å². The first-order chi connectivity index (χ1) is 45.0. The number of aliphatic hydroxyl groups is 15. The first-order valence-electron chi connectivity index (χ1n) is 35.4. The maximum atomic E-state index is 9.64. The van der Waals surface area contributed by atoms with Crippen LogP contribution in [0.3, 0.4) is 0 Å². The van der Waals surface area contributed by atoms with Crippen LogP contribution in [0, 0.1) is 0 Å². The molecule has 7 fully saturated rings. The van der Waals surface area contributed by atoms with Crippen LogP contribution in [-0.4, -0.2) is 295 Å². The van der Waals surface area contributed by atoms with Gasteiger partial charge in [0.1, 0.15) is 79.4 Å². The molecule has 7 aliphatic rings. The van der Waals surface area contributed by atoms with Crippen molar-refractivity contribution in [2.45, 2.75) is 437 Å². The highest BCUT2D eigenvalue weighted by Gasteiger charge is 2.49. The van der Waals surface area contributed by atoms with Crippen LogP contribution in [0.5, 0.6) is 0 Å². The van der Waals surface area contributed by atoms with E-state index in [-0.39, 0.29) is 83.3 Å². The fraction of sp³-hybridized carbons (Fsp3) is 1.00. The van der Waals surface area contributed by atoms with Crippen molar-refractivity contribution >= 4 is 0 Å². The lowest BCUT2D eigenvalue weighted by Gasteiger charge is -2.41. The Morgan fingerprint density at radius 2 is 0.475 bits per heavy atom. The van der Waals surface area contributed by atoms with Crippen molar-refractivity contribution in [3.8, 4) is 0 Å². The van der Waals surface area contributed by atoms with Crippen molar-refractivity contribution < 1.29 is 143 Å². The number of rotatable bonds is 14. The van der Waals surface area contributed by atoms with Gasteiger partial charge in [-0.2, -0.15) is 0 Å². The normalized spacial score (nSPS) is 38.2. The van der Waals surface area contributed by atoms with Crippen LogP contribution >= 0.6 is 0 Å². The molecule has 0 bridgehead atoms. The quantitative estimate of drug-likeness (QED) is 0.118. The van der Waals surface area contributed by atoms with Crippen molar-refractivity contribution in [2.24, 2.45) is 0 Å². The van der Waals surface area contributed by atoms with Crippen LogP contribution in [-0.2, 0) is 66.3 Å². The molecule has 29 nitrogen and oxygen atoms in total. The molecule has 99 heavy (non-hydrogen) atoms. The summed E-state index contributed by atoms with van der Waals surface area (Å²) in [4.78, 5) is 0. The van der Waals surface area contributed by atoms with Crippen molar-refractivity contribution in [1.82, 2.24) is 0 Å². The number of aliphatic hydroxyl groups excluding tert-OH is 15. The van der Waals surface area contributed by atoms with Crippen LogP contribution in [0.25, 0.3) is 0 Å². The van der Waals surface area contributed by atoms with E-state index in [0.29, 0.717) is 32.1 Å². The molecule has 0 saturated carbocycles. The van der Waals surface area contributed by atoms with Gasteiger partial charge in [0.05, 0.1) is 95.1 Å². The van der Waals surface area contributed by atoms with Gasteiger partial charge in [-0.3, -0.25) is 0 Å². The Labute approximate surface area is 590 Å². The van der Waals surface area contributed by atoms with Gasteiger partial charge in [-0.05, 0) is 178 Å². The van der Waals surface area contributed by atoms with E-state index in [1.54, 1.807) is 41.5 Å². The Balaban J connectivity index is 0.000000578. The van der Waals surface area contributed by atoms with Crippen LogP contribution in [0.4, 0.5) is 0 Å². The maximum Gasteiger partial charge on any atom is 0.187 e. The molecule has 18 unspecified atom stereocenters. The summed E-state index contributed by atoms with van der Waals surface area (Å²) in [6.07, 6.45) is -14.0. The second-order valence-corrected chi connectivity index (χ2v) is 32.8. The predicted octanol–water partition coefficient (Wildman–Crippen LogP) is 3.58. The average molecular weight is 1450 g/mol. The highest BCUT2D eigenvalue weighted by Crippen LogP contribution is 2.33. The number of hydrogen-bond acceptors (Lipinski definition) is 29. The van der Waals surface area contributed by atoms with Crippen LogP contribution in [0.15, 0.2) is 0 Å². The van der Waals surface area contributed by atoms with Crippen LogP contribution < -0.4 is 0 Å². The largest absolute Gasteiger partial charge is 0.394 e. The van der Waals surface area contributed by atoms with E-state index < -0.39 is 135 Å². The van der Waals surface area contributed by atoms with Gasteiger partial charge in [-0.25, -0.2) is 0 Å². The first-order valence-corrected chi connectivity index (χ1v) is 35.4. The van der Waals surface area contributed by atoms with E-state index in [9.17, 15) is 66.4 Å². The number of hydrogen-bond donors (Lipinski definition) is 15. The van der Waals surface area contributed by atoms with E-state index in [0.717, 1.165) is 19.3 Å². The van der Waals surface area contributed by atoms with Gasteiger partial charge in [-0.1, -0.05) is 34.6 Å². The first kappa shape index (κ1) is 95.9. The van der Waals surface area contributed by atoms with Gasteiger partial charge in [0.25, 0.3) is 0 Å². The molecule has 0 aromatic rings. The zero-order valence-corrected chi connectivity index (χ0v) is 64.6. The van der Waals surface area contributed by atoms with E-state index >= 15 is 0 Å². The summed E-state index contributed by atoms with van der Waals surface area (Å²) in [5.74, 6) is 0. The third-order valence-corrected chi connectivity index (χ3v) is 15.2. The van der Waals surface area contributed by atoms with Crippen molar-refractivity contribution in [3.63, 3.8) is 0 Å². The molecule has 15 N–H and O–H groups in total. The standard InChI is InChI=1S/2C10H20O6.2C10H20O4.3C10H20O3/c2*1-10(2,3)16-9-8(14)7(13)6(12)5(4-11)15-9;2*1-5-6-7(11)8(12)9(13-6)14-10(2,3)4;2*1-5-8-7(11)6-9(12-8)13-10(2,3)4;1-5-7-6-8(11)9(12-7)13-10(2,3)4/h2*5-9,11-14H,4H2,1-3H3;2*6-9,11-12H,5H2,1-4H3;3*7-9,11H,5-6H2,1-4H3/t5-,6-,7+,8-,9-;;6-,7?,8?,9+;;7?,8-,9+;;/m1.1.1../s1. The van der Waals surface area contributed by atoms with Crippen LogP contribution in [0.2, 0.25) is 0 Å². The molecule has 0 aromatic carbocycles. The summed E-state index contributed by atoms with van der Waals surface area (Å²) in [6, 6.07) is 0. The molecule has 29 heteroatoms. The van der Waals surface area contributed by atoms with E-state index in [2.05, 4.69) is 6.92 Å². The lowest BCUT2D eigenvalue weighted by Crippen LogP contribution is -2.60. The Morgan fingerprint density at radius 3 is 0.677 bits per heavy atom. The minimum absolute atomic E-state index is 0.0488. The minimum atomic E-state index is -1.39. The summed E-state index contributed by atoms with van der Waals surface area (Å²) < 4.78 is 76.3. The third-order valence-electron chi connectivity index (χ3n) is 15.2. The molecule has 0 radical (unpaired) electrons. The summed E-state index contributed by atoms with van der Waals surface area (Å²) in [6.45, 7) is 48.7. The fourth-order valence-corrected chi connectivity index (χ4v) is 10.5. The molecule has 27 atom stereocenters. The van der Waals surface area contributed by atoms with Gasteiger partial charge >= 0.3 is 0 Å². The Hall–Kier alpha value is -1.16. The molecule has 7 heterocycles. The van der Waals surface area contributed by atoms with Crippen LogP contribution in [0.1, 0.15) is 231 Å². The third kappa shape index (κ3) is 35.9. The van der Waals surface area contributed by atoms with Gasteiger partial charge < -0.3 is 143 Å². The summed E-state index contributed by atoms with van der Waals surface area (Å²) in [5, 5.41) is 142. The molecule has 0 aliphatic carbocycles. The highest BCUT2D eigenvalue weighted by atomic mass is 16.7. The van der Waals surface area contributed by atoms with E-state index in [1.807, 2.05) is 132 Å². The Kier molecular flexibility index (Phi) is 40.5. The van der Waals surface area contributed by atoms with Gasteiger partial charge in [0.2, 0.25) is 0 Å². The molecule has 0 amide bonds. The van der Waals surface area contributed by atoms with E-state index in [1.165, 1.54) is 0 Å². The molecular formula is C70H140O29. The second kappa shape index (κ2) is 41.8. The smallest absolute Gasteiger partial charge is 0.187 e. The van der Waals surface area contributed by atoms with Crippen molar-refractivity contribution in [2.75, 3.05) is 13.2 Å². The molecule has 0 spiro atoms. The second-order valence-electron chi connectivity index (χ2n) is 32.8. The average Bonchev–Trinajstić information content (AvgIpc) is 1.82. The van der Waals surface area contributed by atoms with Crippen molar-refractivity contribution in [3.05, 3.63) is 0 Å². The number of ether oxygens (including phenoxy) is 14. The zero-order valence-electron chi connectivity index (χ0n) is 64.6. The van der Waals surface area contributed by atoms with E-state index in [4.69, 9.17) is 76.5 Å².